The maximum Gasteiger partial charge on any atom is 0.333 e. The molecule has 1 heterocycles. The van der Waals surface area contributed by atoms with Crippen LogP contribution in [-0.4, -0.2) is 61.1 Å². The van der Waals surface area contributed by atoms with Crippen molar-refractivity contribution in [2.45, 2.75) is 33.7 Å². The molecule has 0 radical (unpaired) electrons. The Morgan fingerprint density at radius 2 is 1.17 bits per heavy atom. The van der Waals surface area contributed by atoms with Crippen LogP contribution >= 0.6 is 0 Å². The summed E-state index contributed by atoms with van der Waals surface area (Å²) < 4.78 is 21.9. The Bertz CT molecular complexity index is 1170. The molecule has 2 aromatic rings. The number of hydrogen-bond donors (Lipinski definition) is 0. The second kappa shape index (κ2) is 11.1. The van der Waals surface area contributed by atoms with E-state index < -0.39 is 23.8 Å². The van der Waals surface area contributed by atoms with E-state index in [-0.39, 0.29) is 43.6 Å². The number of carbonyl (C=O) groups is 4. The molecule has 0 aromatic heterocycles. The Hall–Kier alpha value is -4.14. The molecule has 2 amide bonds. The molecule has 0 atom stereocenters. The number of rotatable bonds is 11. The fraction of sp³-hybridized carbons (Fsp3) is 0.333. The molecule has 9 heteroatoms. The molecular formula is C27H29NO8. The topological polar surface area (TPSA) is 108 Å². The number of amides is 2. The van der Waals surface area contributed by atoms with Gasteiger partial charge < -0.3 is 18.9 Å². The zero-order valence-corrected chi connectivity index (χ0v) is 20.8. The highest BCUT2D eigenvalue weighted by molar-refractivity contribution is 6.27. The number of carbonyl (C=O) groups excluding carboxylic acids is 4. The van der Waals surface area contributed by atoms with Gasteiger partial charge in [0.25, 0.3) is 11.8 Å². The smallest absolute Gasteiger partial charge is 0.333 e. The van der Waals surface area contributed by atoms with Gasteiger partial charge in [0.1, 0.15) is 37.9 Å². The van der Waals surface area contributed by atoms with E-state index in [0.717, 1.165) is 0 Å². The highest BCUT2D eigenvalue weighted by atomic mass is 16.6. The largest absolute Gasteiger partial charge is 0.489 e. The van der Waals surface area contributed by atoms with Crippen LogP contribution in [0.1, 0.15) is 48.4 Å². The van der Waals surface area contributed by atoms with Gasteiger partial charge in [-0.15, -0.1) is 0 Å². The van der Waals surface area contributed by atoms with E-state index in [9.17, 15) is 19.2 Å². The number of hydrogen-bond acceptors (Lipinski definition) is 8. The van der Waals surface area contributed by atoms with Gasteiger partial charge in [0.2, 0.25) is 0 Å². The minimum absolute atomic E-state index is 0.0212. The van der Waals surface area contributed by atoms with Crippen molar-refractivity contribution in [1.29, 1.82) is 0 Å². The van der Waals surface area contributed by atoms with E-state index in [1.165, 1.54) is 4.90 Å². The summed E-state index contributed by atoms with van der Waals surface area (Å²) in [5.74, 6) is -1.21. The van der Waals surface area contributed by atoms with Crippen LogP contribution in [0.2, 0.25) is 0 Å². The van der Waals surface area contributed by atoms with Crippen LogP contribution in [0.4, 0.5) is 0 Å². The molecule has 0 N–H and O–H groups in total. The van der Waals surface area contributed by atoms with Crippen LogP contribution in [0.25, 0.3) is 10.8 Å². The van der Waals surface area contributed by atoms with Crippen molar-refractivity contribution in [2.24, 2.45) is 0 Å². The van der Waals surface area contributed by atoms with E-state index in [1.807, 2.05) is 0 Å². The van der Waals surface area contributed by atoms with Gasteiger partial charge in [-0.25, -0.2) is 9.59 Å². The molecule has 0 fully saturated rings. The highest BCUT2D eigenvalue weighted by Crippen LogP contribution is 2.41. The lowest BCUT2D eigenvalue weighted by molar-refractivity contribution is -0.140. The van der Waals surface area contributed by atoms with Gasteiger partial charge in [0.05, 0.1) is 5.39 Å². The third kappa shape index (κ3) is 5.40. The lowest BCUT2D eigenvalue weighted by Gasteiger charge is -2.31. The second-order valence-corrected chi connectivity index (χ2v) is 8.58. The van der Waals surface area contributed by atoms with Crippen molar-refractivity contribution in [3.05, 3.63) is 59.7 Å². The summed E-state index contributed by atoms with van der Waals surface area (Å²) in [6.45, 7) is 13.7. The minimum Gasteiger partial charge on any atom is -0.489 e. The lowest BCUT2D eigenvalue weighted by Crippen LogP contribution is -2.44. The normalized spacial score (nSPS) is 12.5. The van der Waals surface area contributed by atoms with E-state index in [0.29, 0.717) is 33.4 Å². The van der Waals surface area contributed by atoms with Crippen molar-refractivity contribution in [3.8, 4) is 11.5 Å². The van der Waals surface area contributed by atoms with Crippen LogP contribution in [-0.2, 0) is 19.1 Å². The van der Waals surface area contributed by atoms with Crippen molar-refractivity contribution in [3.63, 3.8) is 0 Å². The Morgan fingerprint density at radius 3 is 1.53 bits per heavy atom. The maximum atomic E-state index is 13.2. The molecule has 1 aliphatic rings. The Morgan fingerprint density at radius 1 is 0.750 bits per heavy atom. The van der Waals surface area contributed by atoms with Crippen molar-refractivity contribution in [2.75, 3.05) is 26.4 Å². The Balaban J connectivity index is 1.96. The number of benzene rings is 2. The molecule has 190 valence electrons. The summed E-state index contributed by atoms with van der Waals surface area (Å²) in [6, 6.07) is 6.10. The lowest BCUT2D eigenvalue weighted by atomic mass is 9.92. The fourth-order valence-corrected chi connectivity index (χ4v) is 3.67. The van der Waals surface area contributed by atoms with Crippen molar-refractivity contribution < 1.29 is 38.1 Å². The zero-order valence-electron chi connectivity index (χ0n) is 20.8. The molecule has 0 bridgehead atoms. The molecule has 0 aliphatic carbocycles. The van der Waals surface area contributed by atoms with E-state index in [1.54, 1.807) is 52.0 Å². The monoisotopic (exact) mass is 495 g/mol. The van der Waals surface area contributed by atoms with Gasteiger partial charge in [0.15, 0.2) is 0 Å². The van der Waals surface area contributed by atoms with Crippen LogP contribution in [0.3, 0.4) is 0 Å². The molecule has 0 saturated carbocycles. The number of esters is 2. The van der Waals surface area contributed by atoms with E-state index >= 15 is 0 Å². The standard InChI is InChI=1S/C27H29NO8/c1-15(2)26(31)35-13-11-33-20-9-7-18-22-19(25(30)28(17(5)6)24(18)29)8-10-21(23(20)22)34-12-14-36-27(32)16(3)4/h7-10,17H,1,3,11-14H2,2,4-6H3. The fourth-order valence-electron chi connectivity index (χ4n) is 3.67. The summed E-state index contributed by atoms with van der Waals surface area (Å²) >= 11 is 0. The third-order valence-electron chi connectivity index (χ3n) is 5.34. The average Bonchev–Trinajstić information content (AvgIpc) is 2.82. The zero-order chi connectivity index (χ0) is 26.6. The average molecular weight is 496 g/mol. The van der Waals surface area contributed by atoms with E-state index in [4.69, 9.17) is 18.9 Å². The summed E-state index contributed by atoms with van der Waals surface area (Å²) in [5, 5.41) is 0.835. The van der Waals surface area contributed by atoms with Gasteiger partial charge in [-0.2, -0.15) is 0 Å². The molecule has 1 aliphatic heterocycles. The van der Waals surface area contributed by atoms with Gasteiger partial charge in [0, 0.05) is 33.7 Å². The molecule has 0 spiro atoms. The van der Waals surface area contributed by atoms with Gasteiger partial charge in [-0.3, -0.25) is 14.5 Å². The van der Waals surface area contributed by atoms with Crippen molar-refractivity contribution >= 4 is 34.5 Å². The number of nitrogens with zero attached hydrogens (tertiary/aromatic N) is 1. The number of ether oxygens (including phenoxy) is 4. The molecule has 0 unspecified atom stereocenters. The second-order valence-electron chi connectivity index (χ2n) is 8.58. The van der Waals surface area contributed by atoms with Crippen LogP contribution in [0.15, 0.2) is 48.6 Å². The van der Waals surface area contributed by atoms with Crippen molar-refractivity contribution in [1.82, 2.24) is 4.90 Å². The summed E-state index contributed by atoms with van der Waals surface area (Å²) in [7, 11) is 0. The van der Waals surface area contributed by atoms with Crippen LogP contribution < -0.4 is 9.47 Å². The van der Waals surface area contributed by atoms with Crippen LogP contribution in [0, 0.1) is 0 Å². The first kappa shape index (κ1) is 26.5. The SMILES string of the molecule is C=C(C)C(=O)OCCOc1ccc2c3c(ccc(OCCOC(=O)C(=C)C)c13)C(=O)N(C(C)C)C2=O. The molecule has 9 nitrogen and oxygen atoms in total. The predicted molar refractivity (Wildman–Crippen MR) is 132 cm³/mol. The Kier molecular flexibility index (Phi) is 8.14. The molecular weight excluding hydrogens is 466 g/mol. The molecule has 0 saturated heterocycles. The van der Waals surface area contributed by atoms with Gasteiger partial charge >= 0.3 is 11.9 Å². The first-order chi connectivity index (χ1) is 17.0. The summed E-state index contributed by atoms with van der Waals surface area (Å²) in [4.78, 5) is 50.8. The molecule has 36 heavy (non-hydrogen) atoms. The quantitative estimate of drug-likeness (QED) is 0.200. The first-order valence-electron chi connectivity index (χ1n) is 11.4. The third-order valence-corrected chi connectivity index (χ3v) is 5.34. The minimum atomic E-state index is -0.534. The highest BCUT2D eigenvalue weighted by Gasteiger charge is 2.36. The Labute approximate surface area is 209 Å². The summed E-state index contributed by atoms with van der Waals surface area (Å²) in [6.07, 6.45) is 0. The first-order valence-corrected chi connectivity index (χ1v) is 11.4. The molecule has 2 aromatic carbocycles. The maximum absolute atomic E-state index is 13.2. The number of imide groups is 1. The van der Waals surface area contributed by atoms with Crippen LogP contribution in [0.5, 0.6) is 11.5 Å². The predicted octanol–water partition coefficient (Wildman–Crippen LogP) is 3.84. The van der Waals surface area contributed by atoms with Gasteiger partial charge in [-0.05, 0) is 52.0 Å². The molecule has 3 rings (SSSR count). The van der Waals surface area contributed by atoms with Gasteiger partial charge in [-0.1, -0.05) is 13.2 Å². The van der Waals surface area contributed by atoms with E-state index in [2.05, 4.69) is 13.2 Å². The summed E-state index contributed by atoms with van der Waals surface area (Å²) in [5.41, 5.74) is 1.22.